The third kappa shape index (κ3) is 13.0. The highest BCUT2D eigenvalue weighted by molar-refractivity contribution is 5.76. The predicted molar refractivity (Wildman–Crippen MR) is 129 cm³/mol. The lowest BCUT2D eigenvalue weighted by Gasteiger charge is -2.46. The maximum absolute atomic E-state index is 12.6. The molecule has 5 nitrogen and oxygen atoms in total. The summed E-state index contributed by atoms with van der Waals surface area (Å²) < 4.78 is 5.41. The fraction of sp³-hybridized carbons (Fsp3) is 0.923. The summed E-state index contributed by atoms with van der Waals surface area (Å²) in [6.45, 7) is 12.3. The highest BCUT2D eigenvalue weighted by Gasteiger charge is 2.42. The van der Waals surface area contributed by atoms with Crippen molar-refractivity contribution < 1.29 is 14.3 Å². The second kappa shape index (κ2) is 14.7. The highest BCUT2D eigenvalue weighted by atomic mass is 16.5. The van der Waals surface area contributed by atoms with E-state index in [2.05, 4.69) is 45.3 Å². The van der Waals surface area contributed by atoms with Crippen molar-refractivity contribution in [3.63, 3.8) is 0 Å². The smallest absolute Gasteiger partial charge is 0.407 e. The molecule has 1 fully saturated rings. The van der Waals surface area contributed by atoms with Gasteiger partial charge in [-0.15, -0.1) is 0 Å². The maximum Gasteiger partial charge on any atom is 0.407 e. The van der Waals surface area contributed by atoms with E-state index in [1.807, 2.05) is 0 Å². The zero-order chi connectivity index (χ0) is 23.2. The van der Waals surface area contributed by atoms with Crippen molar-refractivity contribution in [3.05, 3.63) is 0 Å². The Labute approximate surface area is 191 Å². The van der Waals surface area contributed by atoms with Crippen LogP contribution in [-0.4, -0.2) is 31.2 Å². The zero-order valence-corrected chi connectivity index (χ0v) is 21.1. The standard InChI is InChI=1S/C26H50N2O3/c1-6-8-10-12-14-16-27-23(29)20-26(5)19-22(18-25(3,4)21-26)28-24(30)31-17-15-13-11-9-7-2/h22H,6-21H2,1-5H3,(H,27,29)(H,28,30). The van der Waals surface area contributed by atoms with Crippen molar-refractivity contribution in [1.29, 1.82) is 0 Å². The number of hydrogen-bond donors (Lipinski definition) is 2. The van der Waals surface area contributed by atoms with E-state index in [-0.39, 0.29) is 28.9 Å². The SMILES string of the molecule is CCCCCCCNC(=O)CC1(C)CC(NC(=O)OCCCCCCC)CC(C)(C)C1. The van der Waals surface area contributed by atoms with E-state index in [9.17, 15) is 9.59 Å². The third-order valence-electron chi connectivity index (χ3n) is 6.44. The van der Waals surface area contributed by atoms with Gasteiger partial charge in [0.25, 0.3) is 0 Å². The Morgan fingerprint density at radius 2 is 1.48 bits per heavy atom. The van der Waals surface area contributed by atoms with Gasteiger partial charge in [0.05, 0.1) is 6.61 Å². The molecular formula is C26H50N2O3. The largest absolute Gasteiger partial charge is 0.450 e. The summed E-state index contributed by atoms with van der Waals surface area (Å²) in [5, 5.41) is 6.20. The van der Waals surface area contributed by atoms with Crippen LogP contribution >= 0.6 is 0 Å². The van der Waals surface area contributed by atoms with Crippen LogP contribution in [0.25, 0.3) is 0 Å². The third-order valence-corrected chi connectivity index (χ3v) is 6.44. The molecule has 1 saturated carbocycles. The first kappa shape index (κ1) is 27.8. The van der Waals surface area contributed by atoms with Gasteiger partial charge in [-0.05, 0) is 42.9 Å². The lowest BCUT2D eigenvalue weighted by Crippen LogP contribution is -2.48. The van der Waals surface area contributed by atoms with Gasteiger partial charge in [0.15, 0.2) is 0 Å². The maximum atomic E-state index is 12.6. The van der Waals surface area contributed by atoms with Gasteiger partial charge in [0.1, 0.15) is 0 Å². The van der Waals surface area contributed by atoms with Gasteiger partial charge in [0.2, 0.25) is 5.91 Å². The van der Waals surface area contributed by atoms with Crippen molar-refractivity contribution in [2.75, 3.05) is 13.2 Å². The minimum atomic E-state index is -0.308. The Hall–Kier alpha value is -1.26. The molecule has 5 heteroatoms. The minimum Gasteiger partial charge on any atom is -0.450 e. The predicted octanol–water partition coefficient (Wildman–Crippen LogP) is 6.74. The van der Waals surface area contributed by atoms with E-state index in [1.54, 1.807) is 0 Å². The molecule has 1 rings (SSSR count). The Kier molecular flexibility index (Phi) is 13.2. The first-order valence-corrected chi connectivity index (χ1v) is 12.9. The number of carbonyl (C=O) groups excluding carboxylic acids is 2. The quantitative estimate of drug-likeness (QED) is 0.278. The number of carbonyl (C=O) groups is 2. The monoisotopic (exact) mass is 438 g/mol. The van der Waals surface area contributed by atoms with Crippen molar-refractivity contribution in [1.82, 2.24) is 10.6 Å². The van der Waals surface area contributed by atoms with Gasteiger partial charge in [0, 0.05) is 19.0 Å². The lowest BCUT2D eigenvalue weighted by atomic mass is 9.61. The van der Waals surface area contributed by atoms with Crippen molar-refractivity contribution >= 4 is 12.0 Å². The molecule has 182 valence electrons. The first-order chi connectivity index (χ1) is 14.7. The topological polar surface area (TPSA) is 67.4 Å². The molecule has 2 atom stereocenters. The minimum absolute atomic E-state index is 0.0585. The molecule has 1 aliphatic carbocycles. The van der Waals surface area contributed by atoms with Gasteiger partial charge in [-0.2, -0.15) is 0 Å². The van der Waals surface area contributed by atoms with Crippen LogP contribution in [0.5, 0.6) is 0 Å². The van der Waals surface area contributed by atoms with Crippen molar-refractivity contribution in [3.8, 4) is 0 Å². The Morgan fingerprint density at radius 3 is 2.13 bits per heavy atom. The Balaban J connectivity index is 2.40. The van der Waals surface area contributed by atoms with Crippen LogP contribution in [0.2, 0.25) is 0 Å². The molecule has 0 aromatic heterocycles. The number of hydrogen-bond acceptors (Lipinski definition) is 3. The van der Waals surface area contributed by atoms with Gasteiger partial charge in [-0.25, -0.2) is 4.79 Å². The van der Waals surface area contributed by atoms with Crippen LogP contribution in [0.3, 0.4) is 0 Å². The average molecular weight is 439 g/mol. The summed E-state index contributed by atoms with van der Waals surface area (Å²) in [5.74, 6) is 0.143. The molecule has 2 N–H and O–H groups in total. The highest BCUT2D eigenvalue weighted by Crippen LogP contribution is 2.48. The first-order valence-electron chi connectivity index (χ1n) is 12.9. The van der Waals surface area contributed by atoms with E-state index < -0.39 is 0 Å². The van der Waals surface area contributed by atoms with Crippen LogP contribution < -0.4 is 10.6 Å². The van der Waals surface area contributed by atoms with Crippen LogP contribution in [0.4, 0.5) is 4.79 Å². The summed E-state index contributed by atoms with van der Waals surface area (Å²) in [4.78, 5) is 24.9. The van der Waals surface area contributed by atoms with Crippen molar-refractivity contribution in [2.45, 2.75) is 131 Å². The molecule has 0 radical (unpaired) electrons. The molecule has 0 aromatic carbocycles. The molecule has 0 aliphatic heterocycles. The second-order valence-electron chi connectivity index (χ2n) is 10.9. The number of ether oxygens (including phenoxy) is 1. The Morgan fingerprint density at radius 1 is 0.871 bits per heavy atom. The van der Waals surface area contributed by atoms with E-state index in [0.717, 1.165) is 45.1 Å². The molecule has 0 aromatic rings. The summed E-state index contributed by atoms with van der Waals surface area (Å²) in [7, 11) is 0. The summed E-state index contributed by atoms with van der Waals surface area (Å²) in [6, 6.07) is 0.0585. The van der Waals surface area contributed by atoms with Crippen molar-refractivity contribution in [2.24, 2.45) is 10.8 Å². The normalized spacial score (nSPS) is 22.7. The number of rotatable bonds is 15. The number of amides is 2. The molecule has 31 heavy (non-hydrogen) atoms. The molecule has 0 heterocycles. The van der Waals surface area contributed by atoms with Gasteiger partial charge < -0.3 is 15.4 Å². The van der Waals surface area contributed by atoms with Crippen LogP contribution in [0.15, 0.2) is 0 Å². The molecule has 0 spiro atoms. The summed E-state index contributed by atoms with van der Waals surface area (Å²) >= 11 is 0. The molecule has 0 saturated heterocycles. The zero-order valence-electron chi connectivity index (χ0n) is 21.1. The van der Waals surface area contributed by atoms with E-state index in [1.165, 1.54) is 44.9 Å². The van der Waals surface area contributed by atoms with Gasteiger partial charge in [-0.1, -0.05) is 86.0 Å². The van der Waals surface area contributed by atoms with Gasteiger partial charge in [-0.3, -0.25) is 4.79 Å². The van der Waals surface area contributed by atoms with Crippen LogP contribution in [-0.2, 0) is 9.53 Å². The number of nitrogens with one attached hydrogen (secondary N) is 2. The number of unbranched alkanes of at least 4 members (excludes halogenated alkanes) is 8. The molecule has 0 bridgehead atoms. The molecular weight excluding hydrogens is 388 g/mol. The summed E-state index contributed by atoms with van der Waals surface area (Å²) in [5.41, 5.74) is -0.0162. The molecule has 1 aliphatic rings. The number of alkyl carbamates (subject to hydrolysis) is 1. The van der Waals surface area contributed by atoms with Crippen LogP contribution in [0, 0.1) is 10.8 Å². The molecule has 2 unspecified atom stereocenters. The Bertz CT molecular complexity index is 521. The van der Waals surface area contributed by atoms with Gasteiger partial charge >= 0.3 is 6.09 Å². The fourth-order valence-electron chi connectivity index (χ4n) is 5.36. The van der Waals surface area contributed by atoms with Crippen LogP contribution in [0.1, 0.15) is 125 Å². The summed E-state index contributed by atoms with van der Waals surface area (Å²) in [6.07, 6.45) is 14.7. The average Bonchev–Trinajstić information content (AvgIpc) is 2.65. The second-order valence-corrected chi connectivity index (χ2v) is 10.9. The molecule has 2 amide bonds. The van der Waals surface area contributed by atoms with E-state index in [4.69, 9.17) is 4.74 Å². The van der Waals surface area contributed by atoms with E-state index >= 15 is 0 Å². The van der Waals surface area contributed by atoms with E-state index in [0.29, 0.717) is 13.0 Å². The lowest BCUT2D eigenvalue weighted by molar-refractivity contribution is -0.124. The fourth-order valence-corrected chi connectivity index (χ4v) is 5.36.